The van der Waals surface area contributed by atoms with Gasteiger partial charge >= 0.3 is 0 Å². The number of fused-ring (bicyclic) bond motifs is 1. The molecule has 7 nitrogen and oxygen atoms in total. The maximum Gasteiger partial charge on any atom is 0.229 e. The van der Waals surface area contributed by atoms with Crippen molar-refractivity contribution in [3.63, 3.8) is 0 Å². The van der Waals surface area contributed by atoms with Crippen LogP contribution in [0.5, 0.6) is 0 Å². The summed E-state index contributed by atoms with van der Waals surface area (Å²) in [4.78, 5) is 24.0. The number of rotatable bonds is 4. The Morgan fingerprint density at radius 2 is 2.00 bits per heavy atom. The number of para-hydroxylation sites is 1. The highest BCUT2D eigenvalue weighted by Crippen LogP contribution is 2.27. The topological polar surface area (TPSA) is 83.9 Å². The molecule has 0 radical (unpaired) electrons. The maximum absolute atomic E-state index is 13.1. The molecule has 1 aromatic carbocycles. The van der Waals surface area contributed by atoms with Crippen molar-refractivity contribution in [1.29, 1.82) is 0 Å². The van der Waals surface area contributed by atoms with Crippen LogP contribution < -0.4 is 10.2 Å². The summed E-state index contributed by atoms with van der Waals surface area (Å²) < 4.78 is 0. The number of nitrogens with zero attached hydrogens (tertiary/aromatic N) is 5. The van der Waals surface area contributed by atoms with Crippen molar-refractivity contribution in [2.45, 2.75) is 19.8 Å². The zero-order valence-corrected chi connectivity index (χ0v) is 17.9. The van der Waals surface area contributed by atoms with Crippen molar-refractivity contribution in [2.75, 3.05) is 23.3 Å². The van der Waals surface area contributed by atoms with Crippen LogP contribution in [0.1, 0.15) is 18.5 Å². The van der Waals surface area contributed by atoms with Gasteiger partial charge in [-0.25, -0.2) is 0 Å². The van der Waals surface area contributed by atoms with Gasteiger partial charge in [0.25, 0.3) is 0 Å². The number of aryl methyl sites for hydroxylation is 1. The zero-order valence-electron chi connectivity index (χ0n) is 17.9. The van der Waals surface area contributed by atoms with Crippen molar-refractivity contribution >= 4 is 28.3 Å². The molecule has 7 heteroatoms. The molecule has 1 saturated heterocycles. The summed E-state index contributed by atoms with van der Waals surface area (Å²) >= 11 is 0. The van der Waals surface area contributed by atoms with E-state index in [4.69, 9.17) is 0 Å². The van der Waals surface area contributed by atoms with Crippen molar-refractivity contribution in [3.8, 4) is 11.3 Å². The third-order valence-corrected chi connectivity index (χ3v) is 5.83. The average Bonchev–Trinajstić information content (AvgIpc) is 2.84. The SMILES string of the molecule is Cc1cc(NC(=O)C2CCCN(c3ccc(-c4cccnc4)nn3)C2)c2ccccc2n1. The van der Waals surface area contributed by atoms with Gasteiger partial charge in [0, 0.05) is 42.1 Å². The van der Waals surface area contributed by atoms with Crippen molar-refractivity contribution in [3.05, 3.63) is 72.7 Å². The van der Waals surface area contributed by atoms with Gasteiger partial charge in [0.1, 0.15) is 0 Å². The molecule has 1 aliphatic rings. The first-order valence-corrected chi connectivity index (χ1v) is 10.8. The minimum absolute atomic E-state index is 0.0328. The lowest BCUT2D eigenvalue weighted by atomic mass is 9.97. The summed E-state index contributed by atoms with van der Waals surface area (Å²) in [5.74, 6) is 0.710. The largest absolute Gasteiger partial charge is 0.354 e. The second-order valence-electron chi connectivity index (χ2n) is 8.12. The summed E-state index contributed by atoms with van der Waals surface area (Å²) in [5, 5.41) is 12.9. The molecule has 1 aliphatic heterocycles. The third kappa shape index (κ3) is 4.14. The van der Waals surface area contributed by atoms with Gasteiger partial charge in [-0.15, -0.1) is 10.2 Å². The van der Waals surface area contributed by atoms with Crippen LogP contribution in [0, 0.1) is 12.8 Å². The van der Waals surface area contributed by atoms with Gasteiger partial charge in [-0.2, -0.15) is 0 Å². The fourth-order valence-electron chi connectivity index (χ4n) is 4.21. The number of carbonyl (C=O) groups excluding carboxylic acids is 1. The number of benzene rings is 1. The number of hydrogen-bond acceptors (Lipinski definition) is 6. The first-order valence-electron chi connectivity index (χ1n) is 10.8. The molecule has 0 bridgehead atoms. The number of piperidine rings is 1. The van der Waals surface area contributed by atoms with Gasteiger partial charge < -0.3 is 10.2 Å². The molecule has 160 valence electrons. The van der Waals surface area contributed by atoms with E-state index in [1.165, 1.54) is 0 Å². The monoisotopic (exact) mass is 424 g/mol. The van der Waals surface area contributed by atoms with Gasteiger partial charge in [0.2, 0.25) is 5.91 Å². The lowest BCUT2D eigenvalue weighted by molar-refractivity contribution is -0.120. The fraction of sp³-hybridized carbons (Fsp3) is 0.240. The molecule has 32 heavy (non-hydrogen) atoms. The molecule has 1 N–H and O–H groups in total. The van der Waals surface area contributed by atoms with Crippen molar-refractivity contribution in [2.24, 2.45) is 5.92 Å². The average molecular weight is 425 g/mol. The molecule has 1 atom stereocenters. The van der Waals surface area contributed by atoms with Crippen LogP contribution in [-0.4, -0.2) is 39.2 Å². The molecule has 0 saturated carbocycles. The van der Waals surface area contributed by atoms with Crippen LogP contribution in [0.15, 0.2) is 67.0 Å². The molecule has 4 heterocycles. The van der Waals surface area contributed by atoms with Gasteiger partial charge in [-0.1, -0.05) is 18.2 Å². The van der Waals surface area contributed by atoms with Crippen LogP contribution in [0.2, 0.25) is 0 Å². The number of amides is 1. The van der Waals surface area contributed by atoms with Gasteiger partial charge in [-0.3, -0.25) is 14.8 Å². The second kappa shape index (κ2) is 8.70. The standard InChI is InChI=1S/C25H24N6O/c1-17-14-23(20-8-2-3-9-22(20)27-17)28-25(32)19-7-5-13-31(16-19)24-11-10-21(29-30-24)18-6-4-12-26-15-18/h2-4,6,8-12,14-15,19H,5,7,13,16H2,1H3,(H,27,28,32). The maximum atomic E-state index is 13.1. The minimum atomic E-state index is -0.115. The smallest absolute Gasteiger partial charge is 0.229 e. The molecule has 5 rings (SSSR count). The highest BCUT2D eigenvalue weighted by atomic mass is 16.1. The predicted octanol–water partition coefficient (Wildman–Crippen LogP) is 4.25. The van der Waals surface area contributed by atoms with E-state index in [1.807, 2.05) is 61.5 Å². The molecule has 0 spiro atoms. The van der Waals surface area contributed by atoms with Crippen LogP contribution in [0.25, 0.3) is 22.2 Å². The number of nitrogens with one attached hydrogen (secondary N) is 1. The molecular formula is C25H24N6O. The molecule has 1 unspecified atom stereocenters. The Labute approximate surface area is 186 Å². The van der Waals surface area contributed by atoms with E-state index in [0.29, 0.717) is 6.54 Å². The molecule has 1 amide bonds. The van der Waals surface area contributed by atoms with Crippen LogP contribution in [-0.2, 0) is 4.79 Å². The number of aromatic nitrogens is 4. The first-order chi connectivity index (χ1) is 15.7. The normalized spacial score (nSPS) is 16.2. The quantitative estimate of drug-likeness (QED) is 0.527. The van der Waals surface area contributed by atoms with E-state index >= 15 is 0 Å². The lowest BCUT2D eigenvalue weighted by Crippen LogP contribution is -2.41. The summed E-state index contributed by atoms with van der Waals surface area (Å²) in [6, 6.07) is 17.6. The van der Waals surface area contributed by atoms with Crippen LogP contribution >= 0.6 is 0 Å². The number of pyridine rings is 2. The van der Waals surface area contributed by atoms with E-state index < -0.39 is 0 Å². The van der Waals surface area contributed by atoms with E-state index in [1.54, 1.807) is 12.4 Å². The number of carbonyl (C=O) groups is 1. The van der Waals surface area contributed by atoms with Crippen molar-refractivity contribution < 1.29 is 4.79 Å². The Balaban J connectivity index is 1.31. The third-order valence-electron chi connectivity index (χ3n) is 5.83. The van der Waals surface area contributed by atoms with Gasteiger partial charge in [0.15, 0.2) is 5.82 Å². The Bertz CT molecular complexity index is 1240. The van der Waals surface area contributed by atoms with E-state index in [0.717, 1.165) is 58.7 Å². The van der Waals surface area contributed by atoms with Gasteiger partial charge in [-0.05, 0) is 56.2 Å². The van der Waals surface area contributed by atoms with Crippen LogP contribution in [0.4, 0.5) is 11.5 Å². The fourth-order valence-corrected chi connectivity index (χ4v) is 4.21. The van der Waals surface area contributed by atoms with Gasteiger partial charge in [0.05, 0.1) is 22.8 Å². The van der Waals surface area contributed by atoms with E-state index in [2.05, 4.69) is 30.4 Å². The van der Waals surface area contributed by atoms with Crippen LogP contribution in [0.3, 0.4) is 0 Å². The Morgan fingerprint density at radius 1 is 1.09 bits per heavy atom. The molecule has 4 aromatic rings. The summed E-state index contributed by atoms with van der Waals surface area (Å²) in [6.45, 7) is 3.43. The predicted molar refractivity (Wildman–Crippen MR) is 125 cm³/mol. The van der Waals surface area contributed by atoms with E-state index in [9.17, 15) is 4.79 Å². The number of anilines is 2. The Kier molecular flexibility index (Phi) is 5.46. The number of hydrogen-bond donors (Lipinski definition) is 1. The molecular weight excluding hydrogens is 400 g/mol. The molecule has 3 aromatic heterocycles. The van der Waals surface area contributed by atoms with Crippen molar-refractivity contribution in [1.82, 2.24) is 20.2 Å². The molecule has 0 aliphatic carbocycles. The lowest BCUT2D eigenvalue weighted by Gasteiger charge is -2.32. The Hall–Kier alpha value is -3.87. The Morgan fingerprint density at radius 3 is 2.81 bits per heavy atom. The molecule has 1 fully saturated rings. The summed E-state index contributed by atoms with van der Waals surface area (Å²) in [7, 11) is 0. The second-order valence-corrected chi connectivity index (χ2v) is 8.12. The highest BCUT2D eigenvalue weighted by molar-refractivity contribution is 6.02. The highest BCUT2D eigenvalue weighted by Gasteiger charge is 2.27. The first kappa shape index (κ1) is 20.1. The van der Waals surface area contributed by atoms with E-state index in [-0.39, 0.29) is 11.8 Å². The zero-order chi connectivity index (χ0) is 21.9. The summed E-state index contributed by atoms with van der Waals surface area (Å²) in [5.41, 5.74) is 4.30. The minimum Gasteiger partial charge on any atom is -0.354 e. The summed E-state index contributed by atoms with van der Waals surface area (Å²) in [6.07, 6.45) is 5.29.